The summed E-state index contributed by atoms with van der Waals surface area (Å²) in [5.74, 6) is -0.0725. The van der Waals surface area contributed by atoms with Crippen LogP contribution in [0.1, 0.15) is 26.2 Å². The lowest BCUT2D eigenvalue weighted by atomic mass is 10.1. The standard InChI is InChI=1S/C14H20N4O2/c1-10(8-17-6-2-5-15-17)16-14(20)11-7-13(19)18(9-11)12-3-4-12/h2,5-6,10-12H,3-4,7-9H2,1H3,(H,16,20). The first kappa shape index (κ1) is 13.1. The molecule has 2 amide bonds. The zero-order valence-corrected chi connectivity index (χ0v) is 11.7. The molecule has 2 atom stereocenters. The van der Waals surface area contributed by atoms with Gasteiger partial charge in [0, 0.05) is 37.4 Å². The van der Waals surface area contributed by atoms with Crippen molar-refractivity contribution in [2.45, 2.75) is 44.8 Å². The van der Waals surface area contributed by atoms with Crippen LogP contribution in [0, 0.1) is 5.92 Å². The number of carbonyl (C=O) groups excluding carboxylic acids is 2. The quantitative estimate of drug-likeness (QED) is 0.846. The summed E-state index contributed by atoms with van der Waals surface area (Å²) in [6, 6.07) is 2.27. The maximum Gasteiger partial charge on any atom is 0.225 e. The molecular weight excluding hydrogens is 256 g/mol. The first-order chi connectivity index (χ1) is 9.63. The van der Waals surface area contributed by atoms with Gasteiger partial charge in [-0.05, 0) is 25.8 Å². The van der Waals surface area contributed by atoms with Crippen molar-refractivity contribution in [3.05, 3.63) is 18.5 Å². The molecule has 1 N–H and O–H groups in total. The van der Waals surface area contributed by atoms with E-state index in [2.05, 4.69) is 10.4 Å². The molecule has 2 heterocycles. The molecule has 1 saturated carbocycles. The van der Waals surface area contributed by atoms with Crippen molar-refractivity contribution in [2.24, 2.45) is 5.92 Å². The maximum absolute atomic E-state index is 12.2. The lowest BCUT2D eigenvalue weighted by Crippen LogP contribution is -2.40. The summed E-state index contributed by atoms with van der Waals surface area (Å²) in [5.41, 5.74) is 0. The average molecular weight is 276 g/mol. The van der Waals surface area contributed by atoms with Gasteiger partial charge >= 0.3 is 0 Å². The van der Waals surface area contributed by atoms with Crippen molar-refractivity contribution >= 4 is 11.8 Å². The number of nitrogens with zero attached hydrogens (tertiary/aromatic N) is 3. The SMILES string of the molecule is CC(Cn1cccn1)NC(=O)C1CC(=O)N(C2CC2)C1. The highest BCUT2D eigenvalue weighted by atomic mass is 16.2. The second kappa shape index (κ2) is 5.26. The smallest absolute Gasteiger partial charge is 0.225 e. The van der Waals surface area contributed by atoms with Gasteiger partial charge in [0.05, 0.1) is 12.5 Å². The molecular formula is C14H20N4O2. The van der Waals surface area contributed by atoms with Crippen LogP contribution in [-0.4, -0.2) is 45.1 Å². The van der Waals surface area contributed by atoms with Crippen LogP contribution in [0.15, 0.2) is 18.5 Å². The van der Waals surface area contributed by atoms with Gasteiger partial charge in [-0.3, -0.25) is 14.3 Å². The number of hydrogen-bond acceptors (Lipinski definition) is 3. The van der Waals surface area contributed by atoms with Gasteiger partial charge in [0.15, 0.2) is 0 Å². The predicted molar refractivity (Wildman–Crippen MR) is 72.7 cm³/mol. The van der Waals surface area contributed by atoms with Crippen molar-refractivity contribution in [3.63, 3.8) is 0 Å². The molecule has 0 bridgehead atoms. The summed E-state index contributed by atoms with van der Waals surface area (Å²) in [7, 11) is 0. The molecule has 6 nitrogen and oxygen atoms in total. The lowest BCUT2D eigenvalue weighted by Gasteiger charge is -2.18. The van der Waals surface area contributed by atoms with Gasteiger partial charge in [0.1, 0.15) is 0 Å². The van der Waals surface area contributed by atoms with Crippen LogP contribution in [0.25, 0.3) is 0 Å². The van der Waals surface area contributed by atoms with Crippen molar-refractivity contribution in [1.82, 2.24) is 20.0 Å². The van der Waals surface area contributed by atoms with E-state index in [9.17, 15) is 9.59 Å². The van der Waals surface area contributed by atoms with E-state index in [1.54, 1.807) is 10.9 Å². The molecule has 0 radical (unpaired) electrons. The predicted octanol–water partition coefficient (Wildman–Crippen LogP) is 0.399. The Kier molecular flexibility index (Phi) is 3.46. The Morgan fingerprint density at radius 3 is 3.00 bits per heavy atom. The minimum atomic E-state index is -0.192. The Hall–Kier alpha value is -1.85. The summed E-state index contributed by atoms with van der Waals surface area (Å²) in [6.45, 7) is 3.19. The number of carbonyl (C=O) groups is 2. The van der Waals surface area contributed by atoms with Gasteiger partial charge in [-0.15, -0.1) is 0 Å². The van der Waals surface area contributed by atoms with Crippen molar-refractivity contribution in [1.29, 1.82) is 0 Å². The molecule has 1 aromatic rings. The third kappa shape index (κ3) is 2.84. The topological polar surface area (TPSA) is 67.2 Å². The summed E-state index contributed by atoms with van der Waals surface area (Å²) < 4.78 is 1.79. The number of rotatable bonds is 5. The number of likely N-dealkylation sites (tertiary alicyclic amines) is 1. The van der Waals surface area contributed by atoms with E-state index in [0.29, 0.717) is 25.6 Å². The third-order valence-corrected chi connectivity index (χ3v) is 3.93. The fourth-order valence-electron chi connectivity index (χ4n) is 2.74. The minimum Gasteiger partial charge on any atom is -0.351 e. The molecule has 108 valence electrons. The molecule has 2 aliphatic rings. The second-order valence-corrected chi connectivity index (χ2v) is 5.82. The van der Waals surface area contributed by atoms with Crippen LogP contribution in [0.4, 0.5) is 0 Å². The maximum atomic E-state index is 12.2. The van der Waals surface area contributed by atoms with E-state index < -0.39 is 0 Å². The monoisotopic (exact) mass is 276 g/mol. The largest absolute Gasteiger partial charge is 0.351 e. The van der Waals surface area contributed by atoms with Crippen LogP contribution in [-0.2, 0) is 16.1 Å². The highest BCUT2D eigenvalue weighted by Crippen LogP contribution is 2.32. The summed E-state index contributed by atoms with van der Waals surface area (Å²) in [5, 5.41) is 7.10. The molecule has 1 saturated heterocycles. The molecule has 1 aromatic heterocycles. The van der Waals surface area contributed by atoms with Gasteiger partial charge in [-0.25, -0.2) is 0 Å². The Bertz CT molecular complexity index is 495. The molecule has 3 rings (SSSR count). The molecule has 2 fully saturated rings. The summed E-state index contributed by atoms with van der Waals surface area (Å²) in [4.78, 5) is 25.9. The fourth-order valence-corrected chi connectivity index (χ4v) is 2.74. The van der Waals surface area contributed by atoms with E-state index in [0.717, 1.165) is 12.8 Å². The molecule has 6 heteroatoms. The Labute approximate surface area is 118 Å². The Morgan fingerprint density at radius 2 is 2.35 bits per heavy atom. The number of nitrogens with one attached hydrogen (secondary N) is 1. The van der Waals surface area contributed by atoms with Gasteiger partial charge in [-0.2, -0.15) is 5.10 Å². The third-order valence-electron chi connectivity index (χ3n) is 3.93. The zero-order valence-electron chi connectivity index (χ0n) is 11.7. The first-order valence-electron chi connectivity index (χ1n) is 7.21. The Balaban J connectivity index is 1.50. The van der Waals surface area contributed by atoms with E-state index in [1.807, 2.05) is 24.1 Å². The summed E-state index contributed by atoms with van der Waals surface area (Å²) in [6.07, 6.45) is 6.14. The highest BCUT2D eigenvalue weighted by molar-refractivity contribution is 5.89. The van der Waals surface area contributed by atoms with Crippen LogP contribution in [0.5, 0.6) is 0 Å². The van der Waals surface area contributed by atoms with Crippen LogP contribution < -0.4 is 5.32 Å². The van der Waals surface area contributed by atoms with Gasteiger partial charge in [0.25, 0.3) is 0 Å². The van der Waals surface area contributed by atoms with E-state index in [4.69, 9.17) is 0 Å². The molecule has 0 spiro atoms. The molecule has 20 heavy (non-hydrogen) atoms. The van der Waals surface area contributed by atoms with Crippen molar-refractivity contribution < 1.29 is 9.59 Å². The average Bonchev–Trinajstić information content (AvgIpc) is 2.97. The van der Waals surface area contributed by atoms with Gasteiger partial charge in [0.2, 0.25) is 11.8 Å². The van der Waals surface area contributed by atoms with Crippen molar-refractivity contribution in [3.8, 4) is 0 Å². The normalized spacial score (nSPS) is 23.9. The first-order valence-corrected chi connectivity index (χ1v) is 7.21. The van der Waals surface area contributed by atoms with Gasteiger partial charge < -0.3 is 10.2 Å². The minimum absolute atomic E-state index is 0.00692. The van der Waals surface area contributed by atoms with Gasteiger partial charge in [-0.1, -0.05) is 0 Å². The van der Waals surface area contributed by atoms with E-state index in [-0.39, 0.29) is 23.8 Å². The number of aromatic nitrogens is 2. The molecule has 2 unspecified atom stereocenters. The molecule has 1 aliphatic heterocycles. The van der Waals surface area contributed by atoms with E-state index in [1.165, 1.54) is 0 Å². The highest BCUT2D eigenvalue weighted by Gasteiger charge is 2.41. The van der Waals surface area contributed by atoms with Crippen molar-refractivity contribution in [2.75, 3.05) is 6.54 Å². The number of amides is 2. The Morgan fingerprint density at radius 1 is 1.55 bits per heavy atom. The lowest BCUT2D eigenvalue weighted by molar-refractivity contribution is -0.129. The molecule has 0 aromatic carbocycles. The fraction of sp³-hybridized carbons (Fsp3) is 0.643. The van der Waals surface area contributed by atoms with Crippen LogP contribution in [0.3, 0.4) is 0 Å². The zero-order chi connectivity index (χ0) is 14.1. The molecule has 1 aliphatic carbocycles. The van der Waals surface area contributed by atoms with E-state index >= 15 is 0 Å². The summed E-state index contributed by atoms with van der Waals surface area (Å²) >= 11 is 0. The second-order valence-electron chi connectivity index (χ2n) is 5.82. The van der Waals surface area contributed by atoms with Crippen LogP contribution in [0.2, 0.25) is 0 Å². The van der Waals surface area contributed by atoms with Crippen LogP contribution >= 0.6 is 0 Å². The number of hydrogen-bond donors (Lipinski definition) is 1.